The Morgan fingerprint density at radius 1 is 0.892 bits per heavy atom. The summed E-state index contributed by atoms with van der Waals surface area (Å²) in [7, 11) is -5.23. The highest BCUT2D eigenvalue weighted by atomic mass is 32.2. The molecule has 0 atom stereocenters. The molecule has 204 valence electrons. The van der Waals surface area contributed by atoms with Crippen molar-refractivity contribution in [3.05, 3.63) is 59.2 Å². The van der Waals surface area contributed by atoms with Crippen LogP contribution < -0.4 is 9.21 Å². The first-order valence-electron chi connectivity index (χ1n) is 13.0. The van der Waals surface area contributed by atoms with Crippen LogP contribution in [0.25, 0.3) is 0 Å². The van der Waals surface area contributed by atoms with Gasteiger partial charge < -0.3 is 4.90 Å². The van der Waals surface area contributed by atoms with Crippen molar-refractivity contribution in [2.75, 3.05) is 54.7 Å². The second kappa shape index (κ2) is 10.6. The number of hydrogen-bond donors (Lipinski definition) is 0. The Balaban J connectivity index is 1.48. The Morgan fingerprint density at radius 3 is 2.14 bits per heavy atom. The fraction of sp³-hybridized carbons (Fsp3) is 0.556. The molecule has 8 nitrogen and oxygen atoms in total. The van der Waals surface area contributed by atoms with Gasteiger partial charge in [-0.3, -0.25) is 4.31 Å². The average Bonchev–Trinajstić information content (AvgIpc) is 2.87. The molecule has 2 aromatic carbocycles. The maximum atomic E-state index is 13.6. The van der Waals surface area contributed by atoms with Gasteiger partial charge in [-0.15, -0.1) is 0 Å². The van der Waals surface area contributed by atoms with Crippen LogP contribution in [0.1, 0.15) is 50.8 Å². The summed E-state index contributed by atoms with van der Waals surface area (Å²) >= 11 is 0. The largest absolute Gasteiger partial charge is 0.369 e. The van der Waals surface area contributed by atoms with Gasteiger partial charge in [-0.1, -0.05) is 45.0 Å². The molecule has 0 saturated carbocycles. The monoisotopic (exact) mass is 548 g/mol. The molecule has 1 fully saturated rings. The summed E-state index contributed by atoms with van der Waals surface area (Å²) in [5, 5.41) is 0. The van der Waals surface area contributed by atoms with Crippen molar-refractivity contribution in [3.8, 4) is 0 Å². The van der Waals surface area contributed by atoms with Gasteiger partial charge in [0.1, 0.15) is 0 Å². The van der Waals surface area contributed by atoms with Crippen molar-refractivity contribution in [2.45, 2.75) is 52.5 Å². The second-order valence-corrected chi connectivity index (χ2v) is 15.2. The maximum absolute atomic E-state index is 13.6. The highest BCUT2D eigenvalue weighted by Gasteiger charge is 2.32. The van der Waals surface area contributed by atoms with E-state index < -0.39 is 20.2 Å². The zero-order valence-electron chi connectivity index (χ0n) is 22.6. The fourth-order valence-electron chi connectivity index (χ4n) is 5.01. The summed E-state index contributed by atoms with van der Waals surface area (Å²) < 4.78 is 56.1. The van der Waals surface area contributed by atoms with Crippen LogP contribution in [0.3, 0.4) is 0 Å². The zero-order chi connectivity index (χ0) is 27.0. The van der Waals surface area contributed by atoms with Gasteiger partial charge >= 0.3 is 10.2 Å². The summed E-state index contributed by atoms with van der Waals surface area (Å²) in [5.41, 5.74) is 4.98. The number of hydrogen-bond acceptors (Lipinski definition) is 5. The molecule has 10 heteroatoms. The van der Waals surface area contributed by atoms with E-state index in [1.165, 1.54) is 14.2 Å². The van der Waals surface area contributed by atoms with Crippen LogP contribution in [-0.4, -0.2) is 71.0 Å². The topological polar surface area (TPSA) is 81.2 Å². The molecule has 0 spiro atoms. The first-order valence-corrected chi connectivity index (χ1v) is 16.0. The molecule has 2 aliphatic rings. The summed E-state index contributed by atoms with van der Waals surface area (Å²) in [5.74, 6) is 0.118. The minimum absolute atomic E-state index is 0.0493. The second-order valence-electron chi connectivity index (χ2n) is 11.0. The van der Waals surface area contributed by atoms with E-state index in [2.05, 4.69) is 43.9 Å². The molecule has 0 aliphatic carbocycles. The average molecular weight is 549 g/mol. The molecule has 0 amide bonds. The van der Waals surface area contributed by atoms with Crippen molar-refractivity contribution < 1.29 is 16.8 Å². The molecule has 37 heavy (non-hydrogen) atoms. The van der Waals surface area contributed by atoms with Crippen molar-refractivity contribution in [1.29, 1.82) is 0 Å². The number of fused-ring (bicyclic) bond motifs is 1. The van der Waals surface area contributed by atoms with E-state index in [0.29, 0.717) is 39.3 Å². The third-order valence-corrected chi connectivity index (χ3v) is 11.1. The van der Waals surface area contributed by atoms with Gasteiger partial charge in [0.15, 0.2) is 0 Å². The highest BCUT2D eigenvalue weighted by Crippen LogP contribution is 2.34. The lowest BCUT2D eigenvalue weighted by Crippen LogP contribution is -2.49. The van der Waals surface area contributed by atoms with Gasteiger partial charge in [0.05, 0.1) is 11.4 Å². The summed E-state index contributed by atoms with van der Waals surface area (Å²) in [6, 6.07) is 14.1. The van der Waals surface area contributed by atoms with Gasteiger partial charge in [0.25, 0.3) is 0 Å². The lowest BCUT2D eigenvalue weighted by Gasteiger charge is -2.37. The van der Waals surface area contributed by atoms with Crippen LogP contribution in [0.5, 0.6) is 0 Å². The Bertz CT molecular complexity index is 1310. The van der Waals surface area contributed by atoms with Gasteiger partial charge in [0.2, 0.25) is 10.0 Å². The van der Waals surface area contributed by atoms with Gasteiger partial charge in [0, 0.05) is 52.0 Å². The molecule has 2 aliphatic heterocycles. The van der Waals surface area contributed by atoms with Gasteiger partial charge in [-0.05, 0) is 60.1 Å². The number of benzene rings is 2. The SMILES string of the molecule is CCS(=O)(=O)N1CCN(c2ccc3c(c2)CCCN3S(=O)(=O)N(C)Cc2ccc(C(C)(C)C)cc2)CC1. The van der Waals surface area contributed by atoms with Crippen LogP contribution in [0.4, 0.5) is 11.4 Å². The molecule has 2 aromatic rings. The molecule has 0 N–H and O–H groups in total. The zero-order valence-corrected chi connectivity index (χ0v) is 24.3. The maximum Gasteiger partial charge on any atom is 0.304 e. The fourth-order valence-corrected chi connectivity index (χ4v) is 7.53. The lowest BCUT2D eigenvalue weighted by molar-refractivity contribution is 0.385. The molecule has 0 bridgehead atoms. The third kappa shape index (κ3) is 5.97. The van der Waals surface area contributed by atoms with Crippen LogP contribution >= 0.6 is 0 Å². The highest BCUT2D eigenvalue weighted by molar-refractivity contribution is 7.90. The molecule has 2 heterocycles. The van der Waals surface area contributed by atoms with Crippen molar-refractivity contribution in [3.63, 3.8) is 0 Å². The van der Waals surface area contributed by atoms with E-state index >= 15 is 0 Å². The Labute approximate surface area is 223 Å². The molecular weight excluding hydrogens is 508 g/mol. The van der Waals surface area contributed by atoms with E-state index in [9.17, 15) is 16.8 Å². The van der Waals surface area contributed by atoms with Crippen molar-refractivity contribution in [1.82, 2.24) is 8.61 Å². The van der Waals surface area contributed by atoms with E-state index in [0.717, 1.165) is 35.3 Å². The Morgan fingerprint density at radius 2 is 1.54 bits per heavy atom. The molecule has 1 saturated heterocycles. The summed E-state index contributed by atoms with van der Waals surface area (Å²) in [6.45, 7) is 11.1. The summed E-state index contributed by atoms with van der Waals surface area (Å²) in [4.78, 5) is 2.18. The first-order chi connectivity index (χ1) is 17.3. The normalized spacial score (nSPS) is 17.8. The van der Waals surface area contributed by atoms with Crippen molar-refractivity contribution >= 4 is 31.6 Å². The van der Waals surface area contributed by atoms with Crippen LogP contribution in [0.15, 0.2) is 42.5 Å². The smallest absolute Gasteiger partial charge is 0.304 e. The standard InChI is InChI=1S/C27H40N4O4S2/c1-6-36(32,33)30-18-16-29(17-19-30)25-13-14-26-23(20-25)8-7-15-31(26)37(34,35)28(5)21-22-9-11-24(12-10-22)27(2,3)4/h9-14,20H,6-8,15-19,21H2,1-5H3. The molecule has 0 radical (unpaired) electrons. The summed E-state index contributed by atoms with van der Waals surface area (Å²) in [6.07, 6.45) is 1.57. The third-order valence-electron chi connectivity index (χ3n) is 7.40. The molecular formula is C27H40N4O4S2. The van der Waals surface area contributed by atoms with Crippen LogP contribution in [0.2, 0.25) is 0 Å². The number of nitrogens with zero attached hydrogens (tertiary/aromatic N) is 4. The van der Waals surface area contributed by atoms with Crippen LogP contribution in [0, 0.1) is 0 Å². The number of piperazine rings is 1. The van der Waals surface area contributed by atoms with E-state index in [1.807, 2.05) is 24.3 Å². The number of anilines is 2. The first kappa shape index (κ1) is 27.9. The minimum atomic E-state index is -3.70. The predicted octanol–water partition coefficient (Wildman–Crippen LogP) is 3.59. The van der Waals surface area contributed by atoms with E-state index in [4.69, 9.17) is 0 Å². The Hall–Kier alpha value is -2.14. The van der Waals surface area contributed by atoms with Gasteiger partial charge in [-0.2, -0.15) is 17.0 Å². The lowest BCUT2D eigenvalue weighted by atomic mass is 9.87. The quantitative estimate of drug-likeness (QED) is 0.528. The number of aryl methyl sites for hydroxylation is 1. The van der Waals surface area contributed by atoms with Crippen LogP contribution in [-0.2, 0) is 38.6 Å². The number of rotatable bonds is 7. The van der Waals surface area contributed by atoms with Gasteiger partial charge in [-0.25, -0.2) is 8.42 Å². The predicted molar refractivity (Wildman–Crippen MR) is 151 cm³/mol. The minimum Gasteiger partial charge on any atom is -0.369 e. The van der Waals surface area contributed by atoms with E-state index in [1.54, 1.807) is 18.3 Å². The molecule has 0 aromatic heterocycles. The molecule has 4 rings (SSSR count). The van der Waals surface area contributed by atoms with Crippen molar-refractivity contribution in [2.24, 2.45) is 0 Å². The number of sulfonamides is 1. The molecule has 0 unspecified atom stereocenters. The Kier molecular flexibility index (Phi) is 7.95. The van der Waals surface area contributed by atoms with E-state index in [-0.39, 0.29) is 11.2 Å².